The number of hydrogen-bond donors (Lipinski definition) is 1. The maximum atomic E-state index is 14.2. The Balaban J connectivity index is 0.00000242. The van der Waals surface area contributed by atoms with Gasteiger partial charge in [0, 0.05) is 31.7 Å². The highest BCUT2D eigenvalue weighted by molar-refractivity contribution is 6.30. The zero-order valence-electron chi connectivity index (χ0n) is 11.6. The fourth-order valence-corrected chi connectivity index (χ4v) is 2.65. The zero-order chi connectivity index (χ0) is 15.6. The number of nitrogens with zero attached hydrogens (tertiary/aromatic N) is 1. The molecule has 0 aromatic heterocycles. The molecule has 0 bridgehead atoms. The lowest BCUT2D eigenvalue weighted by Gasteiger charge is -2.34. The molecular weight excluding hydrogens is 343 g/mol. The van der Waals surface area contributed by atoms with Gasteiger partial charge in [-0.05, 0) is 12.1 Å². The van der Waals surface area contributed by atoms with Crippen molar-refractivity contribution in [2.45, 2.75) is 12.2 Å². The normalized spacial score (nSPS) is 17.7. The standard InChI is InChI=1S/C14H15ClF4N2.ClH/c1-2-12(21-5-3-20-4-6-21)10-7-9(14(17,18)19)8-11(15)13(10)16;/h2,7-8,12,20H,1,3-6H2;1H/t12-;/m0./s1. The van der Waals surface area contributed by atoms with E-state index in [0.717, 1.165) is 6.07 Å². The summed E-state index contributed by atoms with van der Waals surface area (Å²) in [5, 5.41) is 2.60. The molecule has 1 saturated heterocycles. The molecule has 1 aromatic carbocycles. The first-order valence-electron chi connectivity index (χ1n) is 6.48. The number of halogens is 6. The Labute approximate surface area is 137 Å². The summed E-state index contributed by atoms with van der Waals surface area (Å²) in [7, 11) is 0. The fraction of sp³-hybridized carbons (Fsp3) is 0.429. The second-order valence-corrected chi connectivity index (χ2v) is 5.23. The van der Waals surface area contributed by atoms with E-state index in [9.17, 15) is 17.6 Å². The maximum Gasteiger partial charge on any atom is 0.416 e. The van der Waals surface area contributed by atoms with E-state index in [2.05, 4.69) is 11.9 Å². The van der Waals surface area contributed by atoms with Crippen molar-refractivity contribution in [3.05, 3.63) is 46.8 Å². The van der Waals surface area contributed by atoms with E-state index in [-0.39, 0.29) is 18.0 Å². The minimum atomic E-state index is -4.57. The van der Waals surface area contributed by atoms with Gasteiger partial charge in [-0.15, -0.1) is 19.0 Å². The monoisotopic (exact) mass is 358 g/mol. The smallest absolute Gasteiger partial charge is 0.314 e. The average Bonchev–Trinajstić information content (AvgIpc) is 2.44. The molecule has 0 aliphatic carbocycles. The van der Waals surface area contributed by atoms with Gasteiger partial charge in [0.1, 0.15) is 5.82 Å². The molecule has 1 aliphatic rings. The molecule has 1 fully saturated rings. The topological polar surface area (TPSA) is 15.3 Å². The first-order valence-corrected chi connectivity index (χ1v) is 6.86. The van der Waals surface area contributed by atoms with Gasteiger partial charge in [-0.2, -0.15) is 13.2 Å². The lowest BCUT2D eigenvalue weighted by molar-refractivity contribution is -0.137. The zero-order valence-corrected chi connectivity index (χ0v) is 13.2. The Bertz CT molecular complexity index is 528. The van der Waals surface area contributed by atoms with Crippen molar-refractivity contribution < 1.29 is 17.6 Å². The summed E-state index contributed by atoms with van der Waals surface area (Å²) in [4.78, 5) is 1.87. The number of piperazine rings is 1. The Morgan fingerprint density at radius 1 is 1.27 bits per heavy atom. The largest absolute Gasteiger partial charge is 0.416 e. The highest BCUT2D eigenvalue weighted by atomic mass is 35.5. The lowest BCUT2D eigenvalue weighted by atomic mass is 10.0. The number of rotatable bonds is 3. The third-order valence-electron chi connectivity index (χ3n) is 3.47. The fourth-order valence-electron chi connectivity index (χ4n) is 2.42. The van der Waals surface area contributed by atoms with Crippen molar-refractivity contribution in [3.8, 4) is 0 Å². The predicted molar refractivity (Wildman–Crippen MR) is 81.0 cm³/mol. The number of hydrogen-bond acceptors (Lipinski definition) is 2. The molecule has 0 unspecified atom stereocenters. The van der Waals surface area contributed by atoms with Crippen molar-refractivity contribution in [2.75, 3.05) is 26.2 Å². The average molecular weight is 359 g/mol. The molecule has 8 heteroatoms. The van der Waals surface area contributed by atoms with Crippen LogP contribution in [-0.4, -0.2) is 31.1 Å². The minimum Gasteiger partial charge on any atom is -0.314 e. The Morgan fingerprint density at radius 2 is 1.86 bits per heavy atom. The van der Waals surface area contributed by atoms with E-state index >= 15 is 0 Å². The van der Waals surface area contributed by atoms with Crippen LogP contribution in [0.5, 0.6) is 0 Å². The molecule has 124 valence electrons. The summed E-state index contributed by atoms with van der Waals surface area (Å²) in [6, 6.07) is 0.792. The van der Waals surface area contributed by atoms with E-state index in [4.69, 9.17) is 11.6 Å². The molecule has 1 aliphatic heterocycles. The van der Waals surface area contributed by atoms with Crippen LogP contribution in [0.1, 0.15) is 17.2 Å². The molecular formula is C14H16Cl2F4N2. The third kappa shape index (κ3) is 4.13. The molecule has 1 heterocycles. The second-order valence-electron chi connectivity index (χ2n) is 4.83. The van der Waals surface area contributed by atoms with E-state index in [1.54, 1.807) is 0 Å². The molecule has 1 N–H and O–H groups in total. The van der Waals surface area contributed by atoms with E-state index in [1.807, 2.05) is 4.90 Å². The lowest BCUT2D eigenvalue weighted by Crippen LogP contribution is -2.44. The van der Waals surface area contributed by atoms with E-state index in [1.165, 1.54) is 6.08 Å². The molecule has 22 heavy (non-hydrogen) atoms. The van der Waals surface area contributed by atoms with Gasteiger partial charge in [-0.25, -0.2) is 4.39 Å². The van der Waals surface area contributed by atoms with Crippen LogP contribution in [0.15, 0.2) is 24.8 Å². The van der Waals surface area contributed by atoms with Gasteiger partial charge < -0.3 is 5.32 Å². The van der Waals surface area contributed by atoms with Crippen LogP contribution in [0.4, 0.5) is 17.6 Å². The van der Waals surface area contributed by atoms with Crippen molar-refractivity contribution in [2.24, 2.45) is 0 Å². The Morgan fingerprint density at radius 3 is 2.36 bits per heavy atom. The predicted octanol–water partition coefficient (Wildman–Crippen LogP) is 4.05. The van der Waals surface area contributed by atoms with Crippen LogP contribution in [0, 0.1) is 5.82 Å². The molecule has 1 aromatic rings. The van der Waals surface area contributed by atoms with Gasteiger partial charge in [0.2, 0.25) is 0 Å². The van der Waals surface area contributed by atoms with Gasteiger partial charge in [-0.1, -0.05) is 17.7 Å². The van der Waals surface area contributed by atoms with Gasteiger partial charge in [0.15, 0.2) is 0 Å². The van der Waals surface area contributed by atoms with Crippen LogP contribution in [0.2, 0.25) is 5.02 Å². The van der Waals surface area contributed by atoms with Crippen LogP contribution < -0.4 is 5.32 Å². The summed E-state index contributed by atoms with van der Waals surface area (Å²) in [5.41, 5.74) is -1.04. The molecule has 0 spiro atoms. The van der Waals surface area contributed by atoms with Gasteiger partial charge in [0.25, 0.3) is 0 Å². The minimum absolute atomic E-state index is 0. The molecule has 1 atom stereocenters. The SMILES string of the molecule is C=C[C@@H](c1cc(C(F)(F)F)cc(Cl)c1F)N1CCNCC1.Cl. The van der Waals surface area contributed by atoms with Crippen LogP contribution >= 0.6 is 24.0 Å². The van der Waals surface area contributed by atoms with E-state index in [0.29, 0.717) is 32.2 Å². The van der Waals surface area contributed by atoms with Crippen molar-refractivity contribution >= 4 is 24.0 Å². The summed E-state index contributed by atoms with van der Waals surface area (Å²) in [5.74, 6) is -0.826. The first kappa shape index (κ1) is 19.2. The first-order chi connectivity index (χ1) is 9.84. The maximum absolute atomic E-state index is 14.2. The van der Waals surface area contributed by atoms with Crippen LogP contribution in [-0.2, 0) is 6.18 Å². The molecule has 0 saturated carbocycles. The number of nitrogens with one attached hydrogen (secondary N) is 1. The quantitative estimate of drug-likeness (QED) is 0.647. The van der Waals surface area contributed by atoms with Crippen molar-refractivity contribution in [3.63, 3.8) is 0 Å². The van der Waals surface area contributed by atoms with Gasteiger partial charge in [0.05, 0.1) is 16.6 Å². The van der Waals surface area contributed by atoms with Crippen molar-refractivity contribution in [1.82, 2.24) is 10.2 Å². The van der Waals surface area contributed by atoms with Crippen LogP contribution in [0.25, 0.3) is 0 Å². The summed E-state index contributed by atoms with van der Waals surface area (Å²) >= 11 is 5.62. The summed E-state index contributed by atoms with van der Waals surface area (Å²) < 4.78 is 52.7. The van der Waals surface area contributed by atoms with Crippen LogP contribution in [0.3, 0.4) is 0 Å². The second kappa shape index (κ2) is 7.64. The highest BCUT2D eigenvalue weighted by Crippen LogP contribution is 2.36. The van der Waals surface area contributed by atoms with E-state index < -0.39 is 28.6 Å². The summed E-state index contributed by atoms with van der Waals surface area (Å²) in [6.45, 7) is 6.21. The third-order valence-corrected chi connectivity index (χ3v) is 3.75. The summed E-state index contributed by atoms with van der Waals surface area (Å²) in [6.07, 6.45) is -3.12. The van der Waals surface area contributed by atoms with Crippen molar-refractivity contribution in [1.29, 1.82) is 0 Å². The van der Waals surface area contributed by atoms with Gasteiger partial charge >= 0.3 is 6.18 Å². The molecule has 0 amide bonds. The highest BCUT2D eigenvalue weighted by Gasteiger charge is 2.34. The number of benzene rings is 1. The molecule has 2 rings (SSSR count). The van der Waals surface area contributed by atoms with Gasteiger partial charge in [-0.3, -0.25) is 4.90 Å². The number of alkyl halides is 3. The Hall–Kier alpha value is -0.820. The molecule has 2 nitrogen and oxygen atoms in total. The Kier molecular flexibility index (Phi) is 6.67. The molecule has 0 radical (unpaired) electrons.